The second-order valence-corrected chi connectivity index (χ2v) is 3.89. The van der Waals surface area contributed by atoms with Gasteiger partial charge in [0, 0.05) is 0 Å². The summed E-state index contributed by atoms with van der Waals surface area (Å²) < 4.78 is 0. The summed E-state index contributed by atoms with van der Waals surface area (Å²) in [7, 11) is 5.91. The molecule has 0 bridgehead atoms. The topological polar surface area (TPSA) is 0 Å². The third kappa shape index (κ3) is 1.96. The first kappa shape index (κ1) is 10.0. The van der Waals surface area contributed by atoms with Gasteiger partial charge in [-0.25, -0.2) is 0 Å². The maximum absolute atomic E-state index is 5.91. The average molecular weight is 192 g/mol. The summed E-state index contributed by atoms with van der Waals surface area (Å²) in [4.78, 5) is 0. The number of aryl methyl sites for hydroxylation is 2. The summed E-state index contributed by atoms with van der Waals surface area (Å²) >= 11 is 0. The van der Waals surface area contributed by atoms with Gasteiger partial charge in [0.05, 0.1) is 0 Å². The fourth-order valence-electron chi connectivity index (χ4n) is 1.70. The molecule has 0 spiro atoms. The summed E-state index contributed by atoms with van der Waals surface area (Å²) in [6.45, 7) is 4.14. The first-order valence-corrected chi connectivity index (χ1v) is 5.10. The van der Waals surface area contributed by atoms with E-state index in [1.165, 1.54) is 16.7 Å². The molecule has 0 aliphatic heterocycles. The Balaban J connectivity index is 2.55. The highest BCUT2D eigenvalue weighted by Gasteiger charge is 2.01. The second kappa shape index (κ2) is 3.94. The van der Waals surface area contributed by atoms with E-state index in [0.717, 1.165) is 11.0 Å². The molecule has 1 heteroatoms. The fraction of sp³-hybridized carbons (Fsp3) is 0.143. The molecule has 0 saturated carbocycles. The van der Waals surface area contributed by atoms with Crippen molar-refractivity contribution >= 4 is 13.3 Å². The minimum atomic E-state index is 0.857. The van der Waals surface area contributed by atoms with Crippen molar-refractivity contribution in [3.8, 4) is 11.1 Å². The molecule has 0 amide bonds. The van der Waals surface area contributed by atoms with E-state index in [9.17, 15) is 0 Å². The molecule has 0 atom stereocenters. The first-order chi connectivity index (χ1) is 7.18. The lowest BCUT2D eigenvalue weighted by molar-refractivity contribution is 1.45. The Labute approximate surface area is 92.4 Å². The molecule has 2 radical (unpaired) electrons. The molecule has 0 aromatic heterocycles. The van der Waals surface area contributed by atoms with Crippen LogP contribution in [0.15, 0.2) is 42.5 Å². The summed E-state index contributed by atoms with van der Waals surface area (Å²) in [5.74, 6) is 0. The van der Waals surface area contributed by atoms with Crippen molar-refractivity contribution in [2.24, 2.45) is 0 Å². The summed E-state index contributed by atoms with van der Waals surface area (Å²) in [5, 5.41) is 0. The molecule has 15 heavy (non-hydrogen) atoms. The Morgan fingerprint density at radius 1 is 0.867 bits per heavy atom. The van der Waals surface area contributed by atoms with Crippen molar-refractivity contribution < 1.29 is 0 Å². The Morgan fingerprint density at radius 3 is 2.27 bits per heavy atom. The summed E-state index contributed by atoms with van der Waals surface area (Å²) in [5.41, 5.74) is 5.71. The highest BCUT2D eigenvalue weighted by atomic mass is 14.0. The van der Waals surface area contributed by atoms with E-state index in [0.29, 0.717) is 0 Å². The van der Waals surface area contributed by atoms with E-state index in [2.05, 4.69) is 43.3 Å². The molecule has 0 aliphatic rings. The van der Waals surface area contributed by atoms with Crippen molar-refractivity contribution in [2.75, 3.05) is 0 Å². The van der Waals surface area contributed by atoms with Gasteiger partial charge in [0.2, 0.25) is 0 Å². The van der Waals surface area contributed by atoms with Gasteiger partial charge in [-0.3, -0.25) is 0 Å². The minimum absolute atomic E-state index is 0.857. The summed E-state index contributed by atoms with van der Waals surface area (Å²) in [6, 6.07) is 14.6. The molecule has 2 aromatic rings. The zero-order valence-corrected chi connectivity index (χ0v) is 9.12. The van der Waals surface area contributed by atoms with E-state index in [4.69, 9.17) is 7.85 Å². The quantitative estimate of drug-likeness (QED) is 0.609. The van der Waals surface area contributed by atoms with Gasteiger partial charge in [0.25, 0.3) is 0 Å². The lowest BCUT2D eigenvalue weighted by atomic mass is 9.87. The molecule has 0 fully saturated rings. The highest BCUT2D eigenvalue weighted by molar-refractivity contribution is 6.33. The van der Waals surface area contributed by atoms with E-state index in [-0.39, 0.29) is 0 Å². The van der Waals surface area contributed by atoms with Crippen molar-refractivity contribution in [1.82, 2.24) is 0 Å². The Kier molecular flexibility index (Phi) is 2.63. The maximum atomic E-state index is 5.91. The lowest BCUT2D eigenvalue weighted by Gasteiger charge is -2.08. The van der Waals surface area contributed by atoms with Crippen LogP contribution < -0.4 is 5.46 Å². The fourth-order valence-corrected chi connectivity index (χ4v) is 1.70. The normalized spacial score (nSPS) is 10.3. The number of hydrogen-bond donors (Lipinski definition) is 0. The molecular formula is C14H13B. The Bertz CT molecular complexity index is 486. The maximum Gasteiger partial charge on any atom is 0.114 e. The standard InChI is InChI=1S/C14H13B/c1-10-5-3-4-6-13(10)12-8-7-11(2)14(15)9-12/h3-9H,1-2H3. The van der Waals surface area contributed by atoms with E-state index < -0.39 is 0 Å². The van der Waals surface area contributed by atoms with Crippen LogP contribution in [0.3, 0.4) is 0 Å². The minimum Gasteiger partial charge on any atom is -0.0932 e. The van der Waals surface area contributed by atoms with Gasteiger partial charge in [-0.05, 0) is 30.5 Å². The first-order valence-electron chi connectivity index (χ1n) is 5.10. The van der Waals surface area contributed by atoms with Crippen LogP contribution in [0.4, 0.5) is 0 Å². The molecule has 72 valence electrons. The molecule has 0 aliphatic carbocycles. The molecule has 0 nitrogen and oxygen atoms in total. The van der Waals surface area contributed by atoms with Crippen molar-refractivity contribution in [2.45, 2.75) is 13.8 Å². The molecule has 0 saturated heterocycles. The number of hydrogen-bond acceptors (Lipinski definition) is 0. The van der Waals surface area contributed by atoms with Crippen LogP contribution in [-0.2, 0) is 0 Å². The molecular weight excluding hydrogens is 179 g/mol. The Morgan fingerprint density at radius 2 is 1.60 bits per heavy atom. The van der Waals surface area contributed by atoms with E-state index >= 15 is 0 Å². The molecule has 0 heterocycles. The van der Waals surface area contributed by atoms with Gasteiger partial charge in [-0.2, -0.15) is 0 Å². The van der Waals surface area contributed by atoms with Crippen molar-refractivity contribution in [3.63, 3.8) is 0 Å². The third-order valence-electron chi connectivity index (χ3n) is 2.74. The predicted octanol–water partition coefficient (Wildman–Crippen LogP) is 2.76. The van der Waals surface area contributed by atoms with Gasteiger partial charge in [-0.1, -0.05) is 53.5 Å². The molecule has 0 unspecified atom stereocenters. The van der Waals surface area contributed by atoms with Gasteiger partial charge in [0.15, 0.2) is 0 Å². The van der Waals surface area contributed by atoms with Crippen LogP contribution in [0.25, 0.3) is 11.1 Å². The van der Waals surface area contributed by atoms with Crippen LogP contribution >= 0.6 is 0 Å². The van der Waals surface area contributed by atoms with Gasteiger partial charge < -0.3 is 0 Å². The monoisotopic (exact) mass is 192 g/mol. The SMILES string of the molecule is [B]c1cc(-c2ccccc2C)ccc1C. The second-order valence-electron chi connectivity index (χ2n) is 3.89. The van der Waals surface area contributed by atoms with Gasteiger partial charge in [0.1, 0.15) is 7.85 Å². The van der Waals surface area contributed by atoms with Crippen LogP contribution in [-0.4, -0.2) is 7.85 Å². The Hall–Kier alpha value is -1.50. The van der Waals surface area contributed by atoms with Crippen LogP contribution in [0.1, 0.15) is 11.1 Å². The van der Waals surface area contributed by atoms with Crippen LogP contribution in [0.2, 0.25) is 0 Å². The number of rotatable bonds is 1. The summed E-state index contributed by atoms with van der Waals surface area (Å²) in [6.07, 6.45) is 0. The molecule has 2 rings (SSSR count). The van der Waals surface area contributed by atoms with E-state index in [1.54, 1.807) is 0 Å². The average Bonchev–Trinajstić information content (AvgIpc) is 2.23. The van der Waals surface area contributed by atoms with Crippen molar-refractivity contribution in [3.05, 3.63) is 53.6 Å². The zero-order valence-electron chi connectivity index (χ0n) is 9.12. The lowest BCUT2D eigenvalue weighted by Crippen LogP contribution is -2.06. The van der Waals surface area contributed by atoms with Gasteiger partial charge in [-0.15, -0.1) is 0 Å². The van der Waals surface area contributed by atoms with Crippen molar-refractivity contribution in [1.29, 1.82) is 0 Å². The molecule has 2 aromatic carbocycles. The van der Waals surface area contributed by atoms with Crippen LogP contribution in [0.5, 0.6) is 0 Å². The largest absolute Gasteiger partial charge is 0.114 e. The van der Waals surface area contributed by atoms with Crippen LogP contribution in [0, 0.1) is 13.8 Å². The zero-order chi connectivity index (χ0) is 10.8. The number of benzene rings is 2. The third-order valence-corrected chi connectivity index (χ3v) is 2.74. The smallest absolute Gasteiger partial charge is 0.0932 e. The van der Waals surface area contributed by atoms with E-state index in [1.807, 2.05) is 13.0 Å². The van der Waals surface area contributed by atoms with Gasteiger partial charge >= 0.3 is 0 Å². The molecule has 0 N–H and O–H groups in total. The highest BCUT2D eigenvalue weighted by Crippen LogP contribution is 2.22. The predicted molar refractivity (Wildman–Crippen MR) is 66.7 cm³/mol.